The van der Waals surface area contributed by atoms with E-state index in [9.17, 15) is 0 Å². The molecule has 3 aromatic carbocycles. The topological polar surface area (TPSA) is 18.5 Å². The maximum Gasteiger partial charge on any atom is 0.165 e. The fourth-order valence-electron chi connectivity index (χ4n) is 5.55. The first-order valence-electron chi connectivity index (χ1n) is 14.9. The van der Waals surface area contributed by atoms with Gasteiger partial charge in [-0.2, -0.15) is 0 Å². The van der Waals surface area contributed by atoms with Gasteiger partial charge in [-0.25, -0.2) is 0 Å². The van der Waals surface area contributed by atoms with E-state index in [1.807, 2.05) is 0 Å². The molecule has 0 spiro atoms. The van der Waals surface area contributed by atoms with E-state index in [1.54, 1.807) is 0 Å². The Morgan fingerprint density at radius 2 is 1.38 bits per heavy atom. The van der Waals surface area contributed by atoms with Crippen LogP contribution in [-0.4, -0.2) is 35.7 Å². The molecule has 3 aromatic rings. The van der Waals surface area contributed by atoms with Crippen LogP contribution in [0.15, 0.2) is 95.2 Å². The van der Waals surface area contributed by atoms with E-state index in [-0.39, 0.29) is 17.9 Å². The lowest BCUT2D eigenvalue weighted by Crippen LogP contribution is -2.66. The van der Waals surface area contributed by atoms with Crippen molar-refractivity contribution in [1.82, 2.24) is 0 Å². The lowest BCUT2D eigenvalue weighted by Gasteiger charge is -2.44. The van der Waals surface area contributed by atoms with Crippen LogP contribution in [0.1, 0.15) is 51.2 Å². The second-order valence-electron chi connectivity index (χ2n) is 12.9. The highest BCUT2D eigenvalue weighted by atomic mass is 35.5. The van der Waals surface area contributed by atoms with Gasteiger partial charge in [0.25, 0.3) is 0 Å². The summed E-state index contributed by atoms with van der Waals surface area (Å²) in [6.45, 7) is 14.7. The zero-order valence-corrected chi connectivity index (χ0v) is 28.6. The number of hydrogen-bond donors (Lipinski definition) is 0. The van der Waals surface area contributed by atoms with Gasteiger partial charge in [-0.15, -0.1) is 5.54 Å². The summed E-state index contributed by atoms with van der Waals surface area (Å²) in [6.07, 6.45) is 2.83. The van der Waals surface area contributed by atoms with E-state index in [0.717, 1.165) is 42.2 Å². The molecule has 2 nitrogen and oxygen atoms in total. The predicted octanol–water partition coefficient (Wildman–Crippen LogP) is 7.91. The second-order valence-corrected chi connectivity index (χ2v) is 22.8. The van der Waals surface area contributed by atoms with Gasteiger partial charge in [0, 0.05) is 22.9 Å². The molecular weight excluding hydrogens is 568 g/mol. The van der Waals surface area contributed by atoms with Gasteiger partial charge in [0.2, 0.25) is 0 Å². The predicted molar refractivity (Wildman–Crippen MR) is 184 cm³/mol. The SMILES string of the molecule is CC(C)(C)[Si](/C(C#Cc1ccc(C#C[Si](C)(C)C)cc1)=C(/Cl)COC1CCCCO1)(c1ccccc1)c1ccccc1. The quantitative estimate of drug-likeness (QED) is 0.209. The van der Waals surface area contributed by atoms with E-state index >= 15 is 0 Å². The molecule has 4 rings (SSSR count). The summed E-state index contributed by atoms with van der Waals surface area (Å²) in [5, 5.41) is 4.03. The zero-order chi connectivity index (χ0) is 30.2. The Balaban J connectivity index is 1.88. The summed E-state index contributed by atoms with van der Waals surface area (Å²) in [5.41, 5.74) is 5.40. The molecular formula is C37H43ClO2Si2. The molecule has 0 bridgehead atoms. The Kier molecular flexibility index (Phi) is 10.8. The van der Waals surface area contributed by atoms with Crippen LogP contribution in [0, 0.1) is 23.3 Å². The minimum Gasteiger partial charge on any atom is -0.353 e. The van der Waals surface area contributed by atoms with Crippen molar-refractivity contribution >= 4 is 38.1 Å². The molecule has 0 aromatic heterocycles. The van der Waals surface area contributed by atoms with Crippen LogP contribution >= 0.6 is 11.6 Å². The third-order valence-corrected chi connectivity index (χ3v) is 14.7. The minimum atomic E-state index is -2.79. The highest BCUT2D eigenvalue weighted by molar-refractivity contribution is 7.10. The van der Waals surface area contributed by atoms with Crippen LogP contribution in [0.25, 0.3) is 0 Å². The van der Waals surface area contributed by atoms with Gasteiger partial charge in [0.15, 0.2) is 14.4 Å². The van der Waals surface area contributed by atoms with E-state index in [0.29, 0.717) is 5.03 Å². The molecule has 0 aliphatic carbocycles. The van der Waals surface area contributed by atoms with Gasteiger partial charge in [-0.3, -0.25) is 0 Å². The highest BCUT2D eigenvalue weighted by Gasteiger charge is 2.51. The highest BCUT2D eigenvalue weighted by Crippen LogP contribution is 2.42. The summed E-state index contributed by atoms with van der Waals surface area (Å²) in [5.74, 6) is 10.5. The standard InChI is InChI=1S/C37H43ClO2Si2/c1-37(2,3)42(32-15-9-7-10-16-32,33-17-11-8-12-18-33)35(34(38)29-40-36-19-13-14-27-39-36)25-24-30-20-22-31(23-21-30)26-28-41(4,5)6/h7-12,15-18,20-23,36H,13-14,19,27,29H2,1-6H3/b35-34+. The summed E-state index contributed by atoms with van der Waals surface area (Å²) >= 11 is 7.35. The Labute approximate surface area is 260 Å². The average molecular weight is 611 g/mol. The Morgan fingerprint density at radius 1 is 0.833 bits per heavy atom. The van der Waals surface area contributed by atoms with Crippen LogP contribution in [0.4, 0.5) is 0 Å². The molecule has 1 saturated heterocycles. The Hall–Kier alpha value is -2.84. The molecule has 1 heterocycles. The minimum absolute atomic E-state index is 0.155. The number of hydrogen-bond acceptors (Lipinski definition) is 2. The molecule has 218 valence electrons. The van der Waals surface area contributed by atoms with E-state index in [2.05, 4.69) is 149 Å². The Morgan fingerprint density at radius 3 is 1.86 bits per heavy atom. The first-order valence-corrected chi connectivity index (χ1v) is 20.8. The van der Waals surface area contributed by atoms with Crippen molar-refractivity contribution in [3.8, 4) is 23.3 Å². The molecule has 0 radical (unpaired) electrons. The lowest BCUT2D eigenvalue weighted by molar-refractivity contribution is -0.156. The molecule has 5 heteroatoms. The van der Waals surface area contributed by atoms with E-state index in [1.165, 1.54) is 10.4 Å². The van der Waals surface area contributed by atoms with Crippen molar-refractivity contribution in [2.24, 2.45) is 0 Å². The van der Waals surface area contributed by atoms with Crippen molar-refractivity contribution in [2.75, 3.05) is 13.2 Å². The summed E-state index contributed by atoms with van der Waals surface area (Å²) in [7, 11) is -4.24. The number of allylic oxidation sites excluding steroid dienone is 1. The first kappa shape index (κ1) is 32.1. The van der Waals surface area contributed by atoms with Gasteiger partial charge >= 0.3 is 0 Å². The molecule has 1 fully saturated rings. The normalized spacial score (nSPS) is 16.4. The van der Waals surface area contributed by atoms with Crippen LogP contribution in [0.5, 0.6) is 0 Å². The molecule has 42 heavy (non-hydrogen) atoms. The molecule has 1 unspecified atom stereocenters. The summed E-state index contributed by atoms with van der Waals surface area (Å²) < 4.78 is 12.1. The molecule has 1 aliphatic heterocycles. The smallest absolute Gasteiger partial charge is 0.165 e. The van der Waals surface area contributed by atoms with Crippen LogP contribution < -0.4 is 10.4 Å². The second kappa shape index (κ2) is 14.1. The number of ether oxygens (including phenoxy) is 2. The fourth-order valence-corrected chi connectivity index (χ4v) is 12.1. The molecule has 0 amide bonds. The van der Waals surface area contributed by atoms with Crippen molar-refractivity contribution in [3.05, 3.63) is 106 Å². The third kappa shape index (κ3) is 7.96. The third-order valence-electron chi connectivity index (χ3n) is 7.52. The maximum absolute atomic E-state index is 7.35. The van der Waals surface area contributed by atoms with Crippen LogP contribution in [0.3, 0.4) is 0 Å². The van der Waals surface area contributed by atoms with Gasteiger partial charge in [-0.1, -0.05) is 130 Å². The van der Waals surface area contributed by atoms with Crippen LogP contribution in [-0.2, 0) is 9.47 Å². The van der Waals surface area contributed by atoms with Crippen LogP contribution in [0.2, 0.25) is 24.7 Å². The van der Waals surface area contributed by atoms with Crippen molar-refractivity contribution in [2.45, 2.75) is 71.0 Å². The largest absolute Gasteiger partial charge is 0.353 e. The van der Waals surface area contributed by atoms with Gasteiger partial charge < -0.3 is 9.47 Å². The zero-order valence-electron chi connectivity index (χ0n) is 25.9. The number of rotatable bonds is 6. The van der Waals surface area contributed by atoms with Crippen molar-refractivity contribution < 1.29 is 9.47 Å². The van der Waals surface area contributed by atoms with Gasteiger partial charge in [0.05, 0.1) is 11.6 Å². The van der Waals surface area contributed by atoms with E-state index < -0.39 is 16.1 Å². The fraction of sp³-hybridized carbons (Fsp3) is 0.351. The number of benzene rings is 3. The first-order chi connectivity index (χ1) is 20.0. The lowest BCUT2D eigenvalue weighted by atomic mass is 10.1. The van der Waals surface area contributed by atoms with Gasteiger partial charge in [0.1, 0.15) is 8.07 Å². The van der Waals surface area contributed by atoms with Gasteiger partial charge in [-0.05, 0) is 58.9 Å². The molecule has 0 saturated carbocycles. The summed E-state index contributed by atoms with van der Waals surface area (Å²) in [6, 6.07) is 29.9. The maximum atomic E-state index is 7.35. The monoisotopic (exact) mass is 610 g/mol. The average Bonchev–Trinajstić information content (AvgIpc) is 2.98. The molecule has 0 N–H and O–H groups in total. The van der Waals surface area contributed by atoms with Crippen molar-refractivity contribution in [1.29, 1.82) is 0 Å². The summed E-state index contributed by atoms with van der Waals surface area (Å²) in [4.78, 5) is 0. The molecule has 1 atom stereocenters. The van der Waals surface area contributed by atoms with E-state index in [4.69, 9.17) is 21.1 Å². The Bertz CT molecular complexity index is 1430. The number of halogens is 1. The molecule has 1 aliphatic rings. The van der Waals surface area contributed by atoms with Crippen molar-refractivity contribution in [3.63, 3.8) is 0 Å².